The first-order valence-electron chi connectivity index (χ1n) is 9.34. The minimum Gasteiger partial charge on any atom is -0.342 e. The zero-order valence-electron chi connectivity index (χ0n) is 15.2. The predicted molar refractivity (Wildman–Crippen MR) is 98.8 cm³/mol. The highest BCUT2D eigenvalue weighted by molar-refractivity contribution is 5.76. The van der Waals surface area contributed by atoms with Gasteiger partial charge in [-0.25, -0.2) is 19.3 Å². The molecule has 0 radical (unpaired) electrons. The van der Waals surface area contributed by atoms with Gasteiger partial charge in [0.15, 0.2) is 5.82 Å². The lowest BCUT2D eigenvalue weighted by atomic mass is 10.1. The van der Waals surface area contributed by atoms with Crippen molar-refractivity contribution in [2.75, 3.05) is 13.1 Å². The summed E-state index contributed by atoms with van der Waals surface area (Å²) in [4.78, 5) is 22.7. The average Bonchev–Trinajstić information content (AvgIpc) is 3.32. The molecule has 1 amide bonds. The van der Waals surface area contributed by atoms with Crippen LogP contribution in [0.5, 0.6) is 0 Å². The Bertz CT molecular complexity index is 873. The van der Waals surface area contributed by atoms with Crippen LogP contribution in [-0.4, -0.2) is 53.4 Å². The lowest BCUT2D eigenvalue weighted by Gasteiger charge is -2.26. The van der Waals surface area contributed by atoms with Crippen LogP contribution < -0.4 is 0 Å². The smallest absolute Gasteiger partial charge is 0.222 e. The van der Waals surface area contributed by atoms with Gasteiger partial charge in [-0.2, -0.15) is 10.2 Å². The van der Waals surface area contributed by atoms with E-state index in [0.29, 0.717) is 38.3 Å². The fourth-order valence-electron chi connectivity index (χ4n) is 3.35. The first kappa shape index (κ1) is 17.4. The molecule has 27 heavy (non-hydrogen) atoms. The Morgan fingerprint density at radius 2 is 1.96 bits per heavy atom. The number of likely N-dealkylation sites (tertiary alicyclic amines) is 1. The predicted octanol–water partition coefficient (Wildman–Crippen LogP) is 1.52. The summed E-state index contributed by atoms with van der Waals surface area (Å²) < 4.78 is 3.65. The van der Waals surface area contributed by atoms with Gasteiger partial charge in [-0.05, 0) is 18.4 Å². The van der Waals surface area contributed by atoms with Gasteiger partial charge < -0.3 is 4.90 Å². The largest absolute Gasteiger partial charge is 0.342 e. The van der Waals surface area contributed by atoms with E-state index in [9.17, 15) is 4.79 Å². The summed E-state index contributed by atoms with van der Waals surface area (Å²) in [6, 6.07) is 10.2. The first-order valence-corrected chi connectivity index (χ1v) is 9.34. The van der Waals surface area contributed by atoms with E-state index >= 15 is 0 Å². The van der Waals surface area contributed by atoms with E-state index in [1.807, 2.05) is 27.8 Å². The summed E-state index contributed by atoms with van der Waals surface area (Å²) in [7, 11) is 0. The topological polar surface area (TPSA) is 81.7 Å². The van der Waals surface area contributed by atoms with Crippen molar-refractivity contribution in [2.45, 2.75) is 38.8 Å². The van der Waals surface area contributed by atoms with Crippen molar-refractivity contribution < 1.29 is 4.79 Å². The maximum absolute atomic E-state index is 12.1. The summed E-state index contributed by atoms with van der Waals surface area (Å²) in [5, 5.41) is 8.80. The lowest BCUT2D eigenvalue weighted by molar-refractivity contribution is -0.133. The zero-order valence-corrected chi connectivity index (χ0v) is 15.2. The molecule has 8 heteroatoms. The van der Waals surface area contributed by atoms with Crippen molar-refractivity contribution in [3.8, 4) is 0 Å². The number of hydrogen-bond acceptors (Lipinski definition) is 5. The first-order chi connectivity index (χ1) is 13.3. The van der Waals surface area contributed by atoms with E-state index in [0.717, 1.165) is 25.2 Å². The number of carbonyl (C=O) groups is 1. The van der Waals surface area contributed by atoms with Crippen LogP contribution in [0.3, 0.4) is 0 Å². The van der Waals surface area contributed by atoms with Gasteiger partial charge in [-0.3, -0.25) is 4.79 Å². The Morgan fingerprint density at radius 1 is 1.07 bits per heavy atom. The van der Waals surface area contributed by atoms with Crippen molar-refractivity contribution in [3.05, 3.63) is 60.2 Å². The Balaban J connectivity index is 1.51. The molecule has 0 N–H and O–H groups in total. The highest BCUT2D eigenvalue weighted by atomic mass is 16.2. The van der Waals surface area contributed by atoms with Crippen LogP contribution in [0.25, 0.3) is 0 Å². The van der Waals surface area contributed by atoms with Crippen LogP contribution in [0.4, 0.5) is 0 Å². The summed E-state index contributed by atoms with van der Waals surface area (Å²) in [5.41, 5.74) is 1.17. The van der Waals surface area contributed by atoms with Crippen LogP contribution in [0.2, 0.25) is 0 Å². The number of aromatic nitrogens is 6. The van der Waals surface area contributed by atoms with E-state index in [1.54, 1.807) is 11.0 Å². The van der Waals surface area contributed by atoms with Gasteiger partial charge >= 0.3 is 0 Å². The molecule has 0 aliphatic carbocycles. The maximum atomic E-state index is 12.1. The Kier molecular flexibility index (Phi) is 5.22. The molecule has 2 aromatic heterocycles. The molecule has 1 saturated heterocycles. The third-order valence-electron chi connectivity index (χ3n) is 4.76. The molecular weight excluding hydrogens is 342 g/mol. The Labute approximate surface area is 157 Å². The molecule has 0 saturated carbocycles. The van der Waals surface area contributed by atoms with Crippen molar-refractivity contribution >= 4 is 5.91 Å². The number of rotatable bonds is 7. The minimum absolute atomic E-state index is 0.248. The molecule has 4 rings (SSSR count). The fourth-order valence-corrected chi connectivity index (χ4v) is 3.35. The molecule has 3 heterocycles. The minimum atomic E-state index is 0.248. The number of carbonyl (C=O) groups excluding carboxylic acids is 1. The monoisotopic (exact) mass is 365 g/mol. The van der Waals surface area contributed by atoms with Gasteiger partial charge in [0.25, 0.3) is 0 Å². The molecular formula is C19H23N7O. The number of piperidine rings is 1. The van der Waals surface area contributed by atoms with Gasteiger partial charge in [0.05, 0.1) is 6.54 Å². The zero-order chi connectivity index (χ0) is 18.5. The summed E-state index contributed by atoms with van der Waals surface area (Å²) in [5.74, 6) is 1.85. The SMILES string of the molecule is O=C1CCCCN1CCc1nc(Cn2cncn2)nn1Cc1ccccc1. The summed E-state index contributed by atoms with van der Waals surface area (Å²) >= 11 is 0. The normalized spacial score (nSPS) is 14.7. The number of amides is 1. The molecule has 1 aliphatic rings. The van der Waals surface area contributed by atoms with Crippen molar-refractivity contribution in [1.82, 2.24) is 34.4 Å². The summed E-state index contributed by atoms with van der Waals surface area (Å²) in [6.45, 7) is 2.68. The molecule has 0 unspecified atom stereocenters. The second kappa shape index (κ2) is 8.11. The average molecular weight is 365 g/mol. The third-order valence-corrected chi connectivity index (χ3v) is 4.76. The highest BCUT2D eigenvalue weighted by Crippen LogP contribution is 2.12. The van der Waals surface area contributed by atoms with Crippen LogP contribution in [0.1, 0.15) is 36.5 Å². The van der Waals surface area contributed by atoms with E-state index in [2.05, 4.69) is 27.3 Å². The molecule has 0 atom stereocenters. The maximum Gasteiger partial charge on any atom is 0.222 e. The van der Waals surface area contributed by atoms with Gasteiger partial charge in [-0.15, -0.1) is 0 Å². The van der Waals surface area contributed by atoms with Crippen LogP contribution in [-0.2, 0) is 24.3 Å². The van der Waals surface area contributed by atoms with Gasteiger partial charge in [0.2, 0.25) is 5.91 Å². The molecule has 1 fully saturated rings. The quantitative estimate of drug-likeness (QED) is 0.634. The van der Waals surface area contributed by atoms with E-state index in [1.165, 1.54) is 11.9 Å². The third kappa shape index (κ3) is 4.39. The van der Waals surface area contributed by atoms with Crippen molar-refractivity contribution in [3.63, 3.8) is 0 Å². The van der Waals surface area contributed by atoms with Gasteiger partial charge in [0.1, 0.15) is 25.0 Å². The molecule has 1 aromatic carbocycles. The molecule has 140 valence electrons. The standard InChI is InChI=1S/C19H23N7O/c27-19-8-4-5-10-24(19)11-9-18-22-17(13-25-15-20-14-21-25)23-26(18)12-16-6-2-1-3-7-16/h1-3,6-7,14-15H,4-5,8-13H2. The number of benzene rings is 1. The lowest BCUT2D eigenvalue weighted by Crippen LogP contribution is -2.37. The molecule has 1 aliphatic heterocycles. The molecule has 0 spiro atoms. The Morgan fingerprint density at radius 3 is 2.74 bits per heavy atom. The van der Waals surface area contributed by atoms with Gasteiger partial charge in [0, 0.05) is 25.9 Å². The second-order valence-corrected chi connectivity index (χ2v) is 6.77. The number of hydrogen-bond donors (Lipinski definition) is 0. The Hall–Kier alpha value is -3.03. The molecule has 3 aromatic rings. The number of nitrogens with zero attached hydrogens (tertiary/aromatic N) is 7. The fraction of sp³-hybridized carbons (Fsp3) is 0.421. The van der Waals surface area contributed by atoms with Gasteiger partial charge in [-0.1, -0.05) is 30.3 Å². The second-order valence-electron chi connectivity index (χ2n) is 6.77. The molecule has 8 nitrogen and oxygen atoms in total. The van der Waals surface area contributed by atoms with Crippen LogP contribution in [0.15, 0.2) is 43.0 Å². The van der Waals surface area contributed by atoms with Crippen LogP contribution >= 0.6 is 0 Å². The molecule has 0 bridgehead atoms. The van der Waals surface area contributed by atoms with E-state index < -0.39 is 0 Å². The van der Waals surface area contributed by atoms with Crippen molar-refractivity contribution in [2.24, 2.45) is 0 Å². The van der Waals surface area contributed by atoms with E-state index in [4.69, 9.17) is 4.98 Å². The van der Waals surface area contributed by atoms with Crippen molar-refractivity contribution in [1.29, 1.82) is 0 Å². The van der Waals surface area contributed by atoms with Crippen LogP contribution in [0, 0.1) is 0 Å². The van der Waals surface area contributed by atoms with E-state index in [-0.39, 0.29) is 5.91 Å². The highest BCUT2D eigenvalue weighted by Gasteiger charge is 2.19. The summed E-state index contributed by atoms with van der Waals surface area (Å²) in [6.07, 6.45) is 6.60.